The summed E-state index contributed by atoms with van der Waals surface area (Å²) < 4.78 is 0. The molecule has 0 fully saturated rings. The van der Waals surface area contributed by atoms with Crippen molar-refractivity contribution in [2.24, 2.45) is 0 Å². The topological polar surface area (TPSA) is 69.6 Å². The minimum atomic E-state index is -0.836. The van der Waals surface area contributed by atoms with Crippen molar-refractivity contribution in [1.29, 1.82) is 0 Å². The lowest BCUT2D eigenvalue weighted by atomic mass is 10.0. The van der Waals surface area contributed by atoms with E-state index in [1.807, 2.05) is 6.08 Å². The van der Waals surface area contributed by atoms with Crippen LogP contribution in [0.15, 0.2) is 85.1 Å². The number of amides is 1. The van der Waals surface area contributed by atoms with Crippen molar-refractivity contribution in [3.63, 3.8) is 0 Å². The number of carbonyl (C=O) groups is 1. The van der Waals surface area contributed by atoms with Crippen molar-refractivity contribution < 1.29 is 15.0 Å². The van der Waals surface area contributed by atoms with Crippen LogP contribution in [0.3, 0.4) is 0 Å². The highest BCUT2D eigenvalue weighted by Crippen LogP contribution is 2.15. The number of unbranched alkanes of at least 4 members (excludes halogenated alkanes) is 21. The van der Waals surface area contributed by atoms with E-state index < -0.39 is 12.1 Å². The third-order valence-electron chi connectivity index (χ3n) is 9.87. The van der Waals surface area contributed by atoms with Crippen LogP contribution in [-0.4, -0.2) is 34.9 Å². The molecule has 0 aliphatic carbocycles. The Kier molecular flexibility index (Phi) is 42.9. The summed E-state index contributed by atoms with van der Waals surface area (Å²) in [5.74, 6) is -0.0771. The predicted octanol–water partition coefficient (Wildman–Crippen LogP) is 14.5. The van der Waals surface area contributed by atoms with E-state index in [2.05, 4.69) is 92.1 Å². The quantitative estimate of drug-likeness (QED) is 0.0431. The second-order valence-corrected chi connectivity index (χ2v) is 15.1. The Morgan fingerprint density at radius 2 is 0.815 bits per heavy atom. The molecule has 0 rings (SSSR count). The number of nitrogens with one attached hydrogen (secondary N) is 1. The lowest BCUT2D eigenvalue weighted by Crippen LogP contribution is -2.45. The number of allylic oxidation sites excluding steroid dienone is 13. The molecular weight excluding hydrogens is 663 g/mol. The first-order valence-corrected chi connectivity index (χ1v) is 22.8. The predicted molar refractivity (Wildman–Crippen MR) is 239 cm³/mol. The fourth-order valence-electron chi connectivity index (χ4n) is 6.42. The number of rotatable bonds is 40. The molecule has 4 nitrogen and oxygen atoms in total. The molecule has 4 heteroatoms. The van der Waals surface area contributed by atoms with Crippen LogP contribution >= 0.6 is 0 Å². The standard InChI is InChI=1S/C50H87NO3/c1-3-5-7-8-9-10-11-12-13-14-15-16-17-18-19-20-21-22-23-24-25-26-27-28-29-30-31-32-33-34-35-36-37-38-39-40-41-42-44-46-50(54)51-48(47-52)49(53)45-43-6-4-2/h5,7,9-10,12-13,15-16,18-19,21-22,43,45,48-49,52-53H,3-4,6,8,11,14,17,20,23-42,44,46-47H2,1-2H3,(H,51,54)/b7-5-,10-9-,13-12-,16-15-,19-18-,22-21-,45-43+. The zero-order chi connectivity index (χ0) is 39.3. The normalized spacial score (nSPS) is 13.8. The molecule has 1 amide bonds. The molecule has 0 aromatic rings. The molecular formula is C50H87NO3. The molecule has 0 aromatic carbocycles. The van der Waals surface area contributed by atoms with E-state index >= 15 is 0 Å². The highest BCUT2D eigenvalue weighted by molar-refractivity contribution is 5.76. The Bertz CT molecular complexity index is 988. The maximum absolute atomic E-state index is 12.2. The molecule has 54 heavy (non-hydrogen) atoms. The Morgan fingerprint density at radius 1 is 0.463 bits per heavy atom. The summed E-state index contributed by atoms with van der Waals surface area (Å²) in [5.41, 5.74) is 0. The summed E-state index contributed by atoms with van der Waals surface area (Å²) in [4.78, 5) is 12.2. The fourth-order valence-corrected chi connectivity index (χ4v) is 6.42. The van der Waals surface area contributed by atoms with Gasteiger partial charge in [0.1, 0.15) is 0 Å². The molecule has 0 heterocycles. The van der Waals surface area contributed by atoms with Gasteiger partial charge in [-0.3, -0.25) is 4.79 Å². The molecule has 0 aromatic heterocycles. The van der Waals surface area contributed by atoms with Crippen LogP contribution in [0.4, 0.5) is 0 Å². The molecule has 2 atom stereocenters. The SMILES string of the molecule is CC/C=C\C/C=C\C/C=C\C/C=C\C/C=C\C/C=C\CCCCCCCCCCCCCCCCCCCCCCC(=O)NC(CO)C(O)/C=C/CCC. The van der Waals surface area contributed by atoms with Gasteiger partial charge in [-0.25, -0.2) is 0 Å². The average Bonchev–Trinajstić information content (AvgIpc) is 3.17. The van der Waals surface area contributed by atoms with Crippen molar-refractivity contribution in [3.8, 4) is 0 Å². The van der Waals surface area contributed by atoms with Crippen molar-refractivity contribution in [2.75, 3.05) is 6.61 Å². The molecule has 310 valence electrons. The number of aliphatic hydroxyl groups is 2. The van der Waals surface area contributed by atoms with Crippen molar-refractivity contribution in [1.82, 2.24) is 5.32 Å². The van der Waals surface area contributed by atoms with E-state index in [-0.39, 0.29) is 12.5 Å². The highest BCUT2D eigenvalue weighted by Gasteiger charge is 2.17. The van der Waals surface area contributed by atoms with Crippen molar-refractivity contribution in [3.05, 3.63) is 85.1 Å². The average molecular weight is 750 g/mol. The summed E-state index contributed by atoms with van der Waals surface area (Å²) in [5, 5.41) is 22.4. The van der Waals surface area contributed by atoms with Crippen LogP contribution in [0.1, 0.15) is 206 Å². The first kappa shape index (κ1) is 51.6. The molecule has 0 bridgehead atoms. The molecule has 0 saturated carbocycles. The van der Waals surface area contributed by atoms with Crippen LogP contribution in [0, 0.1) is 0 Å². The summed E-state index contributed by atoms with van der Waals surface area (Å²) >= 11 is 0. The summed E-state index contributed by atoms with van der Waals surface area (Å²) in [6.45, 7) is 3.99. The maximum Gasteiger partial charge on any atom is 0.220 e. The molecule has 0 saturated heterocycles. The first-order valence-electron chi connectivity index (χ1n) is 22.8. The minimum absolute atomic E-state index is 0.0771. The lowest BCUT2D eigenvalue weighted by Gasteiger charge is -2.19. The zero-order valence-corrected chi connectivity index (χ0v) is 35.5. The van der Waals surface area contributed by atoms with Gasteiger partial charge in [-0.05, 0) is 64.2 Å². The monoisotopic (exact) mass is 750 g/mol. The van der Waals surface area contributed by atoms with Crippen LogP contribution in [0.25, 0.3) is 0 Å². The second-order valence-electron chi connectivity index (χ2n) is 15.1. The minimum Gasteiger partial charge on any atom is -0.394 e. The number of hydrogen-bond acceptors (Lipinski definition) is 3. The fraction of sp³-hybridized carbons (Fsp3) is 0.700. The number of hydrogen-bond donors (Lipinski definition) is 3. The van der Waals surface area contributed by atoms with Gasteiger partial charge in [-0.15, -0.1) is 0 Å². The maximum atomic E-state index is 12.2. The summed E-state index contributed by atoms with van der Waals surface area (Å²) in [7, 11) is 0. The number of carbonyl (C=O) groups excluding carboxylic acids is 1. The Morgan fingerprint density at radius 3 is 1.19 bits per heavy atom. The van der Waals surface area contributed by atoms with E-state index in [9.17, 15) is 15.0 Å². The van der Waals surface area contributed by atoms with Gasteiger partial charge in [-0.1, -0.05) is 221 Å². The van der Waals surface area contributed by atoms with Crippen LogP contribution in [-0.2, 0) is 4.79 Å². The van der Waals surface area contributed by atoms with E-state index in [1.54, 1.807) is 6.08 Å². The summed E-state index contributed by atoms with van der Waals surface area (Å²) in [6.07, 6.45) is 66.5. The van der Waals surface area contributed by atoms with Gasteiger partial charge >= 0.3 is 0 Å². The summed E-state index contributed by atoms with van der Waals surface area (Å²) in [6, 6.07) is -0.618. The van der Waals surface area contributed by atoms with E-state index in [4.69, 9.17) is 0 Å². The Labute approximate surface area is 335 Å². The smallest absolute Gasteiger partial charge is 0.220 e. The molecule has 0 spiro atoms. The van der Waals surface area contributed by atoms with Gasteiger partial charge in [-0.2, -0.15) is 0 Å². The Balaban J connectivity index is 3.37. The van der Waals surface area contributed by atoms with Crippen LogP contribution in [0.5, 0.6) is 0 Å². The largest absolute Gasteiger partial charge is 0.394 e. The first-order chi connectivity index (χ1) is 26.7. The third kappa shape index (κ3) is 40.7. The van der Waals surface area contributed by atoms with Crippen molar-refractivity contribution >= 4 is 5.91 Å². The van der Waals surface area contributed by atoms with Gasteiger partial charge in [0.25, 0.3) is 0 Å². The molecule has 0 aliphatic rings. The zero-order valence-electron chi connectivity index (χ0n) is 35.5. The van der Waals surface area contributed by atoms with Gasteiger partial charge in [0.2, 0.25) is 5.91 Å². The van der Waals surface area contributed by atoms with Crippen LogP contribution < -0.4 is 5.32 Å². The van der Waals surface area contributed by atoms with Crippen molar-refractivity contribution in [2.45, 2.75) is 219 Å². The third-order valence-corrected chi connectivity index (χ3v) is 9.87. The lowest BCUT2D eigenvalue weighted by molar-refractivity contribution is -0.123. The van der Waals surface area contributed by atoms with Gasteiger partial charge in [0, 0.05) is 6.42 Å². The van der Waals surface area contributed by atoms with Gasteiger partial charge in [0.15, 0.2) is 0 Å². The van der Waals surface area contributed by atoms with Gasteiger partial charge in [0.05, 0.1) is 18.8 Å². The Hall–Kier alpha value is -2.43. The van der Waals surface area contributed by atoms with E-state index in [1.165, 1.54) is 122 Å². The number of aliphatic hydroxyl groups excluding tert-OH is 2. The molecule has 0 radical (unpaired) electrons. The molecule has 2 unspecified atom stereocenters. The second kappa shape index (κ2) is 45.0. The molecule has 3 N–H and O–H groups in total. The van der Waals surface area contributed by atoms with Gasteiger partial charge < -0.3 is 15.5 Å². The van der Waals surface area contributed by atoms with Crippen LogP contribution in [0.2, 0.25) is 0 Å². The highest BCUT2D eigenvalue weighted by atomic mass is 16.3. The van der Waals surface area contributed by atoms with E-state index in [0.29, 0.717) is 6.42 Å². The van der Waals surface area contributed by atoms with E-state index in [0.717, 1.165) is 64.2 Å². The molecule has 0 aliphatic heterocycles.